The van der Waals surface area contributed by atoms with E-state index in [0.717, 1.165) is 5.39 Å². The molecule has 3 heterocycles. The van der Waals surface area contributed by atoms with Gasteiger partial charge >= 0.3 is 0 Å². The Kier molecular flexibility index (Phi) is 5.57. The van der Waals surface area contributed by atoms with Crippen LogP contribution < -0.4 is 4.72 Å². The first-order chi connectivity index (χ1) is 13.2. The molecule has 148 valence electrons. The molecule has 3 aromatic heterocycles. The number of carbonyl (C=O) groups is 1. The molecule has 0 aliphatic rings. The van der Waals surface area contributed by atoms with Crippen molar-refractivity contribution in [3.63, 3.8) is 0 Å². The molecule has 8 nitrogen and oxygen atoms in total. The molecule has 1 N–H and O–H groups in total. The zero-order valence-electron chi connectivity index (χ0n) is 15.7. The lowest BCUT2D eigenvalue weighted by Crippen LogP contribution is -2.30. The molecule has 0 radical (unpaired) electrons. The number of hydrogen-bond donors (Lipinski definition) is 1. The minimum Gasteiger partial charge on any atom is -0.285 e. The topological polar surface area (TPSA) is 98.9 Å². The lowest BCUT2D eigenvalue weighted by atomic mass is 10.2. The van der Waals surface area contributed by atoms with Crippen LogP contribution in [0.5, 0.6) is 0 Å². The third-order valence-electron chi connectivity index (χ3n) is 4.09. The fourth-order valence-corrected chi connectivity index (χ4v) is 4.16. The predicted molar refractivity (Wildman–Crippen MR) is 109 cm³/mol. The standard InChI is InChI=1S/C18H20ClN5O3S/c1-4-9-28(26,27)22-16(25)6-5-15-12(2)21-23(3)18(15)24-8-7-13-10-14(19)11-20-17(13)24/h5-8,10-11H,4,9H2,1-3H3,(H,22,25). The molecule has 0 aliphatic heterocycles. The lowest BCUT2D eigenvalue weighted by molar-refractivity contribution is -0.114. The highest BCUT2D eigenvalue weighted by molar-refractivity contribution is 7.90. The summed E-state index contributed by atoms with van der Waals surface area (Å²) in [6, 6.07) is 3.69. The minimum absolute atomic E-state index is 0.104. The summed E-state index contributed by atoms with van der Waals surface area (Å²) >= 11 is 6.01. The molecule has 0 saturated heterocycles. The van der Waals surface area contributed by atoms with Crippen molar-refractivity contribution in [2.45, 2.75) is 20.3 Å². The van der Waals surface area contributed by atoms with Crippen LogP contribution in [-0.2, 0) is 21.9 Å². The molecule has 0 aliphatic carbocycles. The summed E-state index contributed by atoms with van der Waals surface area (Å²) in [6.45, 7) is 3.54. The van der Waals surface area contributed by atoms with E-state index in [1.54, 1.807) is 30.9 Å². The van der Waals surface area contributed by atoms with Gasteiger partial charge in [0.05, 0.1) is 16.5 Å². The van der Waals surface area contributed by atoms with E-state index in [0.29, 0.717) is 34.2 Å². The van der Waals surface area contributed by atoms with Crippen molar-refractivity contribution in [3.05, 3.63) is 46.9 Å². The second-order valence-electron chi connectivity index (χ2n) is 6.32. The Morgan fingerprint density at radius 2 is 2.14 bits per heavy atom. The SMILES string of the molecule is CCCS(=O)(=O)NC(=O)C=Cc1c(C)nn(C)c1-n1ccc2cc(Cl)cnc21. The fraction of sp³-hybridized carbons (Fsp3) is 0.278. The Labute approximate surface area is 167 Å². The third kappa shape index (κ3) is 4.10. The highest BCUT2D eigenvalue weighted by atomic mass is 35.5. The highest BCUT2D eigenvalue weighted by Crippen LogP contribution is 2.25. The molecular formula is C18H20ClN5O3S. The molecule has 0 unspecified atom stereocenters. The van der Waals surface area contributed by atoms with Crippen molar-refractivity contribution >= 4 is 44.6 Å². The van der Waals surface area contributed by atoms with Crippen LogP contribution in [0.25, 0.3) is 22.9 Å². The number of aromatic nitrogens is 4. The molecule has 0 spiro atoms. The van der Waals surface area contributed by atoms with E-state index < -0.39 is 15.9 Å². The molecule has 3 aromatic rings. The van der Waals surface area contributed by atoms with E-state index in [1.807, 2.05) is 34.5 Å². The maximum atomic E-state index is 12.0. The second-order valence-corrected chi connectivity index (χ2v) is 8.60. The molecule has 28 heavy (non-hydrogen) atoms. The van der Waals surface area contributed by atoms with Gasteiger partial charge in [-0.25, -0.2) is 18.1 Å². The van der Waals surface area contributed by atoms with Crippen molar-refractivity contribution in [3.8, 4) is 5.82 Å². The van der Waals surface area contributed by atoms with Gasteiger partial charge in [-0.2, -0.15) is 5.10 Å². The predicted octanol–water partition coefficient (Wildman–Crippen LogP) is 2.59. The summed E-state index contributed by atoms with van der Waals surface area (Å²) < 4.78 is 29.0. The number of fused-ring (bicyclic) bond motifs is 1. The van der Waals surface area contributed by atoms with Gasteiger partial charge in [0, 0.05) is 36.5 Å². The number of nitrogens with zero attached hydrogens (tertiary/aromatic N) is 4. The monoisotopic (exact) mass is 421 g/mol. The van der Waals surface area contributed by atoms with Crippen molar-refractivity contribution in [2.75, 3.05) is 5.75 Å². The van der Waals surface area contributed by atoms with Crippen LogP contribution in [0.15, 0.2) is 30.6 Å². The summed E-state index contributed by atoms with van der Waals surface area (Å²) in [5.74, 6) is -0.111. The Morgan fingerprint density at radius 3 is 2.86 bits per heavy atom. The summed E-state index contributed by atoms with van der Waals surface area (Å²) in [6.07, 6.45) is 6.57. The lowest BCUT2D eigenvalue weighted by Gasteiger charge is -2.07. The van der Waals surface area contributed by atoms with Crippen LogP contribution in [0.2, 0.25) is 5.02 Å². The van der Waals surface area contributed by atoms with Crippen molar-refractivity contribution < 1.29 is 13.2 Å². The van der Waals surface area contributed by atoms with Crippen molar-refractivity contribution in [2.24, 2.45) is 7.05 Å². The number of hydrogen-bond acceptors (Lipinski definition) is 5. The highest BCUT2D eigenvalue weighted by Gasteiger charge is 2.17. The molecule has 0 atom stereocenters. The number of sulfonamides is 1. The molecule has 0 aromatic carbocycles. The van der Waals surface area contributed by atoms with Gasteiger partial charge in [-0.15, -0.1) is 0 Å². The molecule has 0 fully saturated rings. The number of rotatable bonds is 6. The van der Waals surface area contributed by atoms with Gasteiger partial charge < -0.3 is 0 Å². The average Bonchev–Trinajstić information content (AvgIpc) is 3.11. The van der Waals surface area contributed by atoms with Crippen LogP contribution in [0.3, 0.4) is 0 Å². The Hall–Kier alpha value is -2.65. The van der Waals surface area contributed by atoms with Crippen LogP contribution in [-0.4, -0.2) is 39.4 Å². The summed E-state index contributed by atoms with van der Waals surface area (Å²) in [5, 5.41) is 5.82. The van der Waals surface area contributed by atoms with Crippen molar-refractivity contribution in [1.29, 1.82) is 0 Å². The summed E-state index contributed by atoms with van der Waals surface area (Å²) in [7, 11) is -1.84. The maximum Gasteiger partial charge on any atom is 0.257 e. The van der Waals surface area contributed by atoms with E-state index in [9.17, 15) is 13.2 Å². The van der Waals surface area contributed by atoms with Crippen LogP contribution >= 0.6 is 11.6 Å². The first-order valence-corrected chi connectivity index (χ1v) is 10.6. The van der Waals surface area contributed by atoms with Crippen LogP contribution in [0, 0.1) is 6.92 Å². The number of pyridine rings is 1. The van der Waals surface area contributed by atoms with Crippen LogP contribution in [0.4, 0.5) is 0 Å². The first-order valence-electron chi connectivity index (χ1n) is 8.61. The third-order valence-corrected chi connectivity index (χ3v) is 5.75. The molecule has 3 rings (SSSR count). The molecule has 1 amide bonds. The summed E-state index contributed by atoms with van der Waals surface area (Å²) in [5.41, 5.74) is 2.06. The van der Waals surface area contributed by atoms with Gasteiger partial charge in [0.15, 0.2) is 0 Å². The summed E-state index contributed by atoms with van der Waals surface area (Å²) in [4.78, 5) is 16.4. The smallest absolute Gasteiger partial charge is 0.257 e. The fourth-order valence-electron chi connectivity index (χ4n) is 2.98. The van der Waals surface area contributed by atoms with E-state index in [-0.39, 0.29) is 5.75 Å². The van der Waals surface area contributed by atoms with Gasteiger partial charge in [0.1, 0.15) is 11.5 Å². The number of amides is 1. The zero-order valence-corrected chi connectivity index (χ0v) is 17.3. The normalized spacial score (nSPS) is 12.1. The number of carbonyl (C=O) groups excluding carboxylic acids is 1. The Morgan fingerprint density at radius 1 is 1.39 bits per heavy atom. The van der Waals surface area contributed by atoms with Gasteiger partial charge in [0.2, 0.25) is 10.0 Å². The second kappa shape index (κ2) is 7.76. The minimum atomic E-state index is -3.63. The van der Waals surface area contributed by atoms with Gasteiger partial charge in [-0.3, -0.25) is 14.0 Å². The molecule has 10 heteroatoms. The van der Waals surface area contributed by atoms with E-state index in [2.05, 4.69) is 10.1 Å². The quantitative estimate of drug-likeness (QED) is 0.617. The average molecular weight is 422 g/mol. The van der Waals surface area contributed by atoms with Crippen molar-refractivity contribution in [1.82, 2.24) is 24.1 Å². The molecule has 0 saturated carbocycles. The maximum absolute atomic E-state index is 12.0. The van der Waals surface area contributed by atoms with E-state index >= 15 is 0 Å². The molecular weight excluding hydrogens is 402 g/mol. The zero-order chi connectivity index (χ0) is 20.5. The van der Waals surface area contributed by atoms with E-state index in [4.69, 9.17) is 11.6 Å². The van der Waals surface area contributed by atoms with Crippen LogP contribution in [0.1, 0.15) is 24.6 Å². The van der Waals surface area contributed by atoms with Gasteiger partial charge in [0.25, 0.3) is 5.91 Å². The number of aryl methyl sites for hydroxylation is 2. The van der Waals surface area contributed by atoms with Gasteiger partial charge in [-0.05, 0) is 31.6 Å². The van der Waals surface area contributed by atoms with E-state index in [1.165, 1.54) is 6.08 Å². The largest absolute Gasteiger partial charge is 0.285 e. The molecule has 0 bridgehead atoms. The first kappa shape index (κ1) is 20.1. The number of halogens is 1. The Bertz CT molecular complexity index is 1180. The Balaban J connectivity index is 1.98. The number of nitrogens with one attached hydrogen (secondary N) is 1. The van der Waals surface area contributed by atoms with Gasteiger partial charge in [-0.1, -0.05) is 18.5 Å².